The monoisotopic (exact) mass is 405 g/mol. The summed E-state index contributed by atoms with van der Waals surface area (Å²) in [7, 11) is 1.50. The van der Waals surface area contributed by atoms with Crippen molar-refractivity contribution in [2.24, 2.45) is 0 Å². The fourth-order valence-corrected chi connectivity index (χ4v) is 2.62. The molecule has 0 saturated heterocycles. The van der Waals surface area contributed by atoms with Crippen molar-refractivity contribution in [1.82, 2.24) is 5.43 Å². The summed E-state index contributed by atoms with van der Waals surface area (Å²) in [5.41, 5.74) is 3.76. The zero-order valence-electron chi connectivity index (χ0n) is 16.0. The minimum Gasteiger partial charge on any atom is -0.497 e. The van der Waals surface area contributed by atoms with E-state index in [2.05, 4.69) is 10.7 Å². The average molecular weight is 405 g/mol. The van der Waals surface area contributed by atoms with Gasteiger partial charge in [-0.1, -0.05) is 18.2 Å². The molecule has 3 N–H and O–H groups in total. The van der Waals surface area contributed by atoms with Crippen molar-refractivity contribution >= 4 is 29.3 Å². The van der Waals surface area contributed by atoms with Crippen LogP contribution in [0, 0.1) is 0 Å². The Balaban J connectivity index is 1.72. The van der Waals surface area contributed by atoms with Crippen molar-refractivity contribution in [1.29, 1.82) is 0 Å². The van der Waals surface area contributed by atoms with Crippen molar-refractivity contribution in [2.75, 3.05) is 17.4 Å². The lowest BCUT2D eigenvalue weighted by atomic mass is 10.2. The van der Waals surface area contributed by atoms with E-state index in [1.165, 1.54) is 43.5 Å². The number of rotatable bonds is 5. The molecule has 30 heavy (non-hydrogen) atoms. The van der Waals surface area contributed by atoms with Crippen LogP contribution in [-0.4, -0.2) is 30.1 Å². The lowest BCUT2D eigenvalue weighted by Gasteiger charge is -2.20. The first-order chi connectivity index (χ1) is 14.5. The highest BCUT2D eigenvalue weighted by atomic mass is 16.5. The number of carboxylic acid groups (broad SMARTS) is 1. The van der Waals surface area contributed by atoms with E-state index in [4.69, 9.17) is 4.74 Å². The van der Waals surface area contributed by atoms with E-state index >= 15 is 0 Å². The molecule has 3 aromatic rings. The molecule has 152 valence electrons. The van der Waals surface area contributed by atoms with E-state index in [0.717, 1.165) is 0 Å². The number of hydrogen-bond acceptors (Lipinski definition) is 4. The predicted molar refractivity (Wildman–Crippen MR) is 112 cm³/mol. The third-order valence-electron chi connectivity index (χ3n) is 4.18. The minimum absolute atomic E-state index is 0.181. The van der Waals surface area contributed by atoms with Crippen LogP contribution in [-0.2, 0) is 0 Å². The Bertz CT molecular complexity index is 1030. The Morgan fingerprint density at radius 3 is 1.93 bits per heavy atom. The number of carbonyl (C=O) groups excluding carboxylic acids is 2. The van der Waals surface area contributed by atoms with Crippen LogP contribution in [0.1, 0.15) is 20.7 Å². The maximum atomic E-state index is 12.4. The Kier molecular flexibility index (Phi) is 6.29. The highest BCUT2D eigenvalue weighted by molar-refractivity contribution is 6.05. The normalized spacial score (nSPS) is 10.0. The fourth-order valence-electron chi connectivity index (χ4n) is 2.62. The van der Waals surface area contributed by atoms with E-state index in [9.17, 15) is 19.5 Å². The zero-order chi connectivity index (χ0) is 21.5. The van der Waals surface area contributed by atoms with Crippen LogP contribution in [0.3, 0.4) is 0 Å². The van der Waals surface area contributed by atoms with Gasteiger partial charge in [-0.05, 0) is 60.7 Å². The molecule has 0 aromatic heterocycles. The second-order valence-electron chi connectivity index (χ2n) is 6.15. The standard InChI is InChI=1S/C22H19N3O5/c1-30-19-13-9-16(10-14-19)21(27)24-25(22(28)29)18-11-7-15(8-12-18)20(26)23-17-5-3-2-4-6-17/h2-14H,1H3,(H,23,26)(H,24,27)(H,28,29). The molecule has 0 fully saturated rings. The number of nitrogens with zero attached hydrogens (tertiary/aromatic N) is 1. The Labute approximate surface area is 172 Å². The van der Waals surface area contributed by atoms with Gasteiger partial charge in [0.25, 0.3) is 11.8 Å². The van der Waals surface area contributed by atoms with Crippen LogP contribution < -0.4 is 20.5 Å². The summed E-state index contributed by atoms with van der Waals surface area (Å²) in [5, 5.41) is 12.9. The summed E-state index contributed by atoms with van der Waals surface area (Å²) in [6.07, 6.45) is -1.38. The number of para-hydroxylation sites is 1. The fraction of sp³-hybridized carbons (Fsp3) is 0.0455. The highest BCUT2D eigenvalue weighted by Crippen LogP contribution is 2.17. The molecule has 8 heteroatoms. The maximum absolute atomic E-state index is 12.4. The minimum atomic E-state index is -1.38. The number of anilines is 2. The molecule has 0 aliphatic rings. The quantitative estimate of drug-likeness (QED) is 0.560. The molecule has 0 aliphatic heterocycles. The third kappa shape index (κ3) is 4.93. The Hall–Kier alpha value is -4.33. The molecule has 0 heterocycles. The van der Waals surface area contributed by atoms with Crippen molar-refractivity contribution in [3.05, 3.63) is 90.0 Å². The van der Waals surface area contributed by atoms with Gasteiger partial charge in [-0.3, -0.25) is 15.0 Å². The first kappa shape index (κ1) is 20.4. The van der Waals surface area contributed by atoms with Gasteiger partial charge in [0.1, 0.15) is 5.75 Å². The molecule has 0 atom stereocenters. The van der Waals surface area contributed by atoms with Crippen molar-refractivity contribution in [3.8, 4) is 5.75 Å². The predicted octanol–water partition coefficient (Wildman–Crippen LogP) is 3.78. The summed E-state index contributed by atoms with van der Waals surface area (Å²) < 4.78 is 5.04. The molecule has 8 nitrogen and oxygen atoms in total. The molecule has 0 radical (unpaired) electrons. The van der Waals surface area contributed by atoms with Gasteiger partial charge in [-0.15, -0.1) is 0 Å². The van der Waals surface area contributed by atoms with Crippen molar-refractivity contribution in [3.63, 3.8) is 0 Å². The Morgan fingerprint density at radius 2 is 1.37 bits per heavy atom. The molecular formula is C22H19N3O5. The van der Waals surface area contributed by atoms with Crippen LogP contribution >= 0.6 is 0 Å². The summed E-state index contributed by atoms with van der Waals surface area (Å²) in [4.78, 5) is 36.4. The number of ether oxygens (including phenoxy) is 1. The average Bonchev–Trinajstić information content (AvgIpc) is 2.78. The molecule has 0 aliphatic carbocycles. The van der Waals surface area contributed by atoms with E-state index < -0.39 is 12.0 Å². The molecule has 3 rings (SSSR count). The number of hydrazine groups is 1. The second kappa shape index (κ2) is 9.24. The number of methoxy groups -OCH3 is 1. The van der Waals surface area contributed by atoms with Gasteiger partial charge in [0, 0.05) is 16.8 Å². The maximum Gasteiger partial charge on any atom is 0.431 e. The van der Waals surface area contributed by atoms with Crippen LogP contribution in [0.15, 0.2) is 78.9 Å². The first-order valence-electron chi connectivity index (χ1n) is 8.92. The molecule has 0 saturated carbocycles. The molecule has 0 bridgehead atoms. The van der Waals surface area contributed by atoms with Crippen LogP contribution in [0.5, 0.6) is 5.75 Å². The number of amides is 3. The number of benzene rings is 3. The lowest BCUT2D eigenvalue weighted by Crippen LogP contribution is -2.45. The van der Waals surface area contributed by atoms with E-state index in [-0.39, 0.29) is 17.2 Å². The number of hydrogen-bond donors (Lipinski definition) is 3. The molecule has 0 unspecified atom stereocenters. The van der Waals surface area contributed by atoms with Gasteiger partial charge in [0.2, 0.25) is 0 Å². The molecule has 3 aromatic carbocycles. The van der Waals surface area contributed by atoms with Gasteiger partial charge in [0.05, 0.1) is 12.8 Å². The largest absolute Gasteiger partial charge is 0.497 e. The van der Waals surface area contributed by atoms with Crippen LogP contribution in [0.2, 0.25) is 0 Å². The highest BCUT2D eigenvalue weighted by Gasteiger charge is 2.19. The molecule has 3 amide bonds. The molecular weight excluding hydrogens is 386 g/mol. The summed E-state index contributed by atoms with van der Waals surface area (Å²) >= 11 is 0. The topological polar surface area (TPSA) is 108 Å². The zero-order valence-corrected chi connectivity index (χ0v) is 16.0. The van der Waals surface area contributed by atoms with Crippen molar-refractivity contribution in [2.45, 2.75) is 0 Å². The van der Waals surface area contributed by atoms with Gasteiger partial charge >= 0.3 is 6.09 Å². The van der Waals surface area contributed by atoms with Crippen LogP contribution in [0.4, 0.5) is 16.2 Å². The van der Waals surface area contributed by atoms with Gasteiger partial charge < -0.3 is 15.2 Å². The first-order valence-corrected chi connectivity index (χ1v) is 8.92. The van der Waals surface area contributed by atoms with E-state index in [1.807, 2.05) is 6.07 Å². The SMILES string of the molecule is COc1ccc(C(=O)NN(C(=O)O)c2ccc(C(=O)Nc3ccccc3)cc2)cc1. The van der Waals surface area contributed by atoms with Crippen LogP contribution in [0.25, 0.3) is 0 Å². The summed E-state index contributed by atoms with van der Waals surface area (Å²) in [5.74, 6) is -0.367. The van der Waals surface area contributed by atoms with Gasteiger partial charge in [-0.25, -0.2) is 4.79 Å². The second-order valence-corrected chi connectivity index (χ2v) is 6.15. The summed E-state index contributed by atoms with van der Waals surface area (Å²) in [6, 6.07) is 21.0. The lowest BCUT2D eigenvalue weighted by molar-refractivity contribution is 0.0943. The number of nitrogens with one attached hydrogen (secondary N) is 2. The summed E-state index contributed by atoms with van der Waals surface area (Å²) in [6.45, 7) is 0. The number of carbonyl (C=O) groups is 3. The van der Waals surface area contributed by atoms with E-state index in [0.29, 0.717) is 22.0 Å². The smallest absolute Gasteiger partial charge is 0.431 e. The third-order valence-corrected chi connectivity index (χ3v) is 4.18. The van der Waals surface area contributed by atoms with Gasteiger partial charge in [0.15, 0.2) is 0 Å². The van der Waals surface area contributed by atoms with Crippen molar-refractivity contribution < 1.29 is 24.2 Å². The van der Waals surface area contributed by atoms with E-state index in [1.54, 1.807) is 36.4 Å². The molecule has 0 spiro atoms. The Morgan fingerprint density at radius 1 is 0.800 bits per heavy atom. The van der Waals surface area contributed by atoms with Gasteiger partial charge in [-0.2, -0.15) is 5.01 Å².